The van der Waals surface area contributed by atoms with Crippen LogP contribution in [0.1, 0.15) is 60.3 Å². The van der Waals surface area contributed by atoms with Gasteiger partial charge in [0.25, 0.3) is 0 Å². The largest absolute Gasteiger partial charge is 0.392 e. The van der Waals surface area contributed by atoms with E-state index in [1.807, 2.05) is 19.9 Å². The molecule has 3 nitrogen and oxygen atoms in total. The van der Waals surface area contributed by atoms with Gasteiger partial charge >= 0.3 is 0 Å². The highest BCUT2D eigenvalue weighted by Gasteiger charge is 2.55. The summed E-state index contributed by atoms with van der Waals surface area (Å²) in [6, 6.07) is 0. The van der Waals surface area contributed by atoms with Gasteiger partial charge in [0.05, 0.1) is 11.7 Å². The third-order valence-corrected chi connectivity index (χ3v) is 7.02. The molecule has 0 heterocycles. The van der Waals surface area contributed by atoms with Crippen LogP contribution in [0.5, 0.6) is 0 Å². The van der Waals surface area contributed by atoms with E-state index in [4.69, 9.17) is 0 Å². The molecule has 3 rings (SSSR count). The van der Waals surface area contributed by atoms with E-state index in [2.05, 4.69) is 20.8 Å². The summed E-state index contributed by atoms with van der Waals surface area (Å²) >= 11 is 0. The van der Waals surface area contributed by atoms with E-state index in [-0.39, 0.29) is 28.4 Å². The van der Waals surface area contributed by atoms with Gasteiger partial charge < -0.3 is 10.2 Å². The Balaban J connectivity index is 2.12. The highest BCUT2D eigenvalue weighted by atomic mass is 16.3. The summed E-state index contributed by atoms with van der Waals surface area (Å²) in [6.45, 7) is 10.4. The van der Waals surface area contributed by atoms with Crippen molar-refractivity contribution in [3.8, 4) is 0 Å². The van der Waals surface area contributed by atoms with E-state index < -0.39 is 11.7 Å². The zero-order valence-electron chi connectivity index (χ0n) is 15.0. The van der Waals surface area contributed by atoms with Crippen molar-refractivity contribution < 1.29 is 15.0 Å². The predicted octanol–water partition coefficient (Wildman–Crippen LogP) is 3.41. The lowest BCUT2D eigenvalue weighted by Crippen LogP contribution is -2.52. The minimum atomic E-state index is -0.868. The van der Waals surface area contributed by atoms with E-state index in [0.29, 0.717) is 6.42 Å². The molecule has 0 unspecified atom stereocenters. The lowest BCUT2D eigenvalue weighted by molar-refractivity contribution is -0.115. The smallest absolute Gasteiger partial charge is 0.181 e. The maximum absolute atomic E-state index is 12.8. The molecule has 0 radical (unpaired) electrons. The number of carbonyl (C=O) groups is 1. The van der Waals surface area contributed by atoms with Gasteiger partial charge in [0.15, 0.2) is 5.78 Å². The number of aliphatic hydroxyl groups is 2. The third kappa shape index (κ3) is 2.27. The van der Waals surface area contributed by atoms with Crippen molar-refractivity contribution in [1.29, 1.82) is 0 Å². The molecule has 0 bridgehead atoms. The van der Waals surface area contributed by atoms with Crippen molar-refractivity contribution in [2.45, 2.75) is 72.0 Å². The Morgan fingerprint density at radius 3 is 2.43 bits per heavy atom. The van der Waals surface area contributed by atoms with Crippen molar-refractivity contribution in [3.05, 3.63) is 23.3 Å². The van der Waals surface area contributed by atoms with Crippen LogP contribution < -0.4 is 0 Å². The maximum atomic E-state index is 12.8. The second-order valence-corrected chi connectivity index (χ2v) is 8.95. The first-order valence-corrected chi connectivity index (χ1v) is 8.92. The molecule has 0 aliphatic heterocycles. The fourth-order valence-corrected chi connectivity index (χ4v) is 5.11. The van der Waals surface area contributed by atoms with Crippen LogP contribution >= 0.6 is 0 Å². The second-order valence-electron chi connectivity index (χ2n) is 8.95. The van der Waals surface area contributed by atoms with E-state index in [0.717, 1.165) is 30.4 Å². The molecule has 128 valence electrons. The molecule has 2 N–H and O–H groups in total. The first kappa shape index (κ1) is 16.9. The molecule has 0 amide bonds. The predicted molar refractivity (Wildman–Crippen MR) is 90.8 cm³/mol. The summed E-state index contributed by atoms with van der Waals surface area (Å²) in [4.78, 5) is 12.8. The van der Waals surface area contributed by atoms with Gasteiger partial charge in [-0.2, -0.15) is 0 Å². The number of allylic oxidation sites excluding steroid dienone is 2. The molecule has 1 fully saturated rings. The number of hydrogen-bond donors (Lipinski definition) is 2. The molecular formula is C20H30O3. The topological polar surface area (TPSA) is 57.5 Å². The molecule has 0 spiro atoms. The number of carbonyl (C=O) groups excluding carboxylic acids is 1. The average Bonchev–Trinajstić information content (AvgIpc) is 2.47. The molecule has 3 aliphatic rings. The van der Waals surface area contributed by atoms with Gasteiger partial charge in [0, 0.05) is 11.0 Å². The second kappa shape index (κ2) is 5.03. The minimum absolute atomic E-state index is 0.0309. The van der Waals surface area contributed by atoms with Crippen molar-refractivity contribution in [3.63, 3.8) is 0 Å². The molecule has 0 aromatic rings. The molecule has 0 aromatic carbocycles. The Kier molecular flexibility index (Phi) is 3.70. The lowest BCUT2D eigenvalue weighted by atomic mass is 9.49. The van der Waals surface area contributed by atoms with Crippen LogP contribution in [-0.2, 0) is 4.79 Å². The SMILES string of the molecule is CC(C)[C@]1(O)C=C2C(=O)C=C3C(C)(C)[C@H](O)CC[C@@]3(C)[C@@H]2CC1. The number of hydrogen-bond acceptors (Lipinski definition) is 3. The van der Waals surface area contributed by atoms with Crippen LogP contribution in [0.2, 0.25) is 0 Å². The number of ketones is 1. The van der Waals surface area contributed by atoms with E-state index in [9.17, 15) is 15.0 Å². The Labute approximate surface area is 139 Å². The first-order chi connectivity index (χ1) is 10.5. The summed E-state index contributed by atoms with van der Waals surface area (Å²) in [5.41, 5.74) is 0.588. The fraction of sp³-hybridized carbons (Fsp3) is 0.750. The van der Waals surface area contributed by atoms with Gasteiger partial charge in [-0.05, 0) is 55.1 Å². The van der Waals surface area contributed by atoms with Crippen LogP contribution in [0.25, 0.3) is 0 Å². The standard InChI is InChI=1S/C20H30O3/c1-12(2)20(23)9-6-14-13(11-20)15(21)10-16-18(3,4)17(22)7-8-19(14,16)5/h10-12,14,17,22-23H,6-9H2,1-5H3/t14-,17-,19+,20-/m1/s1. The number of aliphatic hydroxyl groups excluding tert-OH is 1. The van der Waals surface area contributed by atoms with Crippen molar-refractivity contribution in [2.24, 2.45) is 22.7 Å². The summed E-state index contributed by atoms with van der Waals surface area (Å²) in [7, 11) is 0. The Hall–Kier alpha value is -0.930. The zero-order chi connectivity index (χ0) is 17.2. The highest BCUT2D eigenvalue weighted by molar-refractivity contribution is 6.06. The van der Waals surface area contributed by atoms with E-state index >= 15 is 0 Å². The quantitative estimate of drug-likeness (QED) is 0.779. The lowest BCUT2D eigenvalue weighted by Gasteiger charge is -2.56. The van der Waals surface area contributed by atoms with Gasteiger partial charge in [-0.15, -0.1) is 0 Å². The number of rotatable bonds is 1. The maximum Gasteiger partial charge on any atom is 0.181 e. The van der Waals surface area contributed by atoms with Crippen LogP contribution in [0.3, 0.4) is 0 Å². The molecule has 4 atom stereocenters. The van der Waals surface area contributed by atoms with Gasteiger partial charge in [0.1, 0.15) is 0 Å². The van der Waals surface area contributed by atoms with Crippen LogP contribution in [0.4, 0.5) is 0 Å². The molecule has 1 saturated carbocycles. The minimum Gasteiger partial charge on any atom is -0.392 e. The average molecular weight is 318 g/mol. The van der Waals surface area contributed by atoms with E-state index in [1.54, 1.807) is 6.08 Å². The van der Waals surface area contributed by atoms with Crippen molar-refractivity contribution in [2.75, 3.05) is 0 Å². The molecule has 23 heavy (non-hydrogen) atoms. The Morgan fingerprint density at radius 2 is 1.83 bits per heavy atom. The van der Waals surface area contributed by atoms with Crippen LogP contribution in [-0.4, -0.2) is 27.7 Å². The first-order valence-electron chi connectivity index (χ1n) is 8.92. The fourth-order valence-electron chi connectivity index (χ4n) is 5.11. The van der Waals surface area contributed by atoms with Gasteiger partial charge in [-0.3, -0.25) is 4.79 Å². The summed E-state index contributed by atoms with van der Waals surface area (Å²) in [5, 5.41) is 21.3. The molecule has 3 heteroatoms. The summed E-state index contributed by atoms with van der Waals surface area (Å²) < 4.78 is 0. The zero-order valence-corrected chi connectivity index (χ0v) is 15.0. The Morgan fingerprint density at radius 1 is 1.17 bits per heavy atom. The molecule has 0 saturated heterocycles. The molecular weight excluding hydrogens is 288 g/mol. The third-order valence-electron chi connectivity index (χ3n) is 7.02. The van der Waals surface area contributed by atoms with Crippen LogP contribution in [0.15, 0.2) is 23.3 Å². The number of fused-ring (bicyclic) bond motifs is 3. The summed E-state index contributed by atoms with van der Waals surface area (Å²) in [6.07, 6.45) is 6.44. The monoisotopic (exact) mass is 318 g/mol. The van der Waals surface area contributed by atoms with Crippen LogP contribution in [0, 0.1) is 22.7 Å². The normalized spacial score (nSPS) is 42.7. The summed E-state index contributed by atoms with van der Waals surface area (Å²) in [5.74, 6) is 0.302. The highest BCUT2D eigenvalue weighted by Crippen LogP contribution is 2.60. The van der Waals surface area contributed by atoms with E-state index in [1.165, 1.54) is 0 Å². The van der Waals surface area contributed by atoms with Gasteiger partial charge in [0.2, 0.25) is 0 Å². The van der Waals surface area contributed by atoms with Crippen molar-refractivity contribution >= 4 is 5.78 Å². The Bertz CT molecular complexity index is 598. The molecule has 0 aromatic heterocycles. The van der Waals surface area contributed by atoms with Gasteiger partial charge in [-0.1, -0.05) is 40.2 Å². The van der Waals surface area contributed by atoms with Gasteiger partial charge in [-0.25, -0.2) is 0 Å². The van der Waals surface area contributed by atoms with Crippen molar-refractivity contribution in [1.82, 2.24) is 0 Å². The molecule has 3 aliphatic carbocycles.